The van der Waals surface area contributed by atoms with E-state index in [-0.39, 0.29) is 24.8 Å². The molecule has 0 aromatic heterocycles. The standard InChI is InChI=1S/C20H20N2O5/c23-19-10-15(20(24)21-27-13-14-4-2-1-3-5-14)12-22(19)16-6-7-17-18(11-16)26-9-8-25-17/h1-7,11,15H,8-10,12-13H2,(H,21,24)/t15-/m0/s1. The molecule has 7 nitrogen and oxygen atoms in total. The van der Waals surface area contributed by atoms with Gasteiger partial charge in [0.15, 0.2) is 11.5 Å². The molecule has 0 saturated carbocycles. The van der Waals surface area contributed by atoms with E-state index in [1.54, 1.807) is 23.1 Å². The highest BCUT2D eigenvalue weighted by atomic mass is 16.6. The molecule has 2 heterocycles. The highest BCUT2D eigenvalue weighted by molar-refractivity contribution is 6.00. The van der Waals surface area contributed by atoms with E-state index < -0.39 is 5.92 Å². The van der Waals surface area contributed by atoms with Crippen molar-refractivity contribution in [3.63, 3.8) is 0 Å². The Morgan fingerprint density at radius 3 is 2.70 bits per heavy atom. The SMILES string of the molecule is O=C(NOCc1ccccc1)[C@H]1CC(=O)N(c2ccc3c(c2)OCCO3)C1. The maximum atomic E-state index is 12.4. The van der Waals surface area contributed by atoms with Gasteiger partial charge in [-0.2, -0.15) is 0 Å². The Morgan fingerprint density at radius 2 is 1.89 bits per heavy atom. The van der Waals surface area contributed by atoms with Crippen molar-refractivity contribution < 1.29 is 23.9 Å². The number of fused-ring (bicyclic) bond motifs is 1. The lowest BCUT2D eigenvalue weighted by molar-refractivity contribution is -0.138. The van der Waals surface area contributed by atoms with Gasteiger partial charge in [-0.05, 0) is 17.7 Å². The van der Waals surface area contributed by atoms with Crippen LogP contribution in [0.5, 0.6) is 11.5 Å². The van der Waals surface area contributed by atoms with Crippen molar-refractivity contribution in [1.29, 1.82) is 0 Å². The van der Waals surface area contributed by atoms with Crippen LogP contribution in [0.3, 0.4) is 0 Å². The van der Waals surface area contributed by atoms with Gasteiger partial charge in [0.1, 0.15) is 13.2 Å². The minimum absolute atomic E-state index is 0.102. The number of hydrogen-bond acceptors (Lipinski definition) is 5. The highest BCUT2D eigenvalue weighted by Crippen LogP contribution is 2.35. The molecule has 0 bridgehead atoms. The van der Waals surface area contributed by atoms with E-state index in [1.807, 2.05) is 30.3 Å². The largest absolute Gasteiger partial charge is 0.486 e. The molecule has 0 unspecified atom stereocenters. The Balaban J connectivity index is 1.35. The molecule has 27 heavy (non-hydrogen) atoms. The number of hydrogen-bond donors (Lipinski definition) is 1. The van der Waals surface area contributed by atoms with Crippen molar-refractivity contribution >= 4 is 17.5 Å². The van der Waals surface area contributed by atoms with E-state index in [9.17, 15) is 9.59 Å². The zero-order valence-electron chi connectivity index (χ0n) is 14.7. The molecule has 0 aliphatic carbocycles. The van der Waals surface area contributed by atoms with Crippen LogP contribution in [0.25, 0.3) is 0 Å². The molecular weight excluding hydrogens is 348 g/mol. The van der Waals surface area contributed by atoms with E-state index in [0.29, 0.717) is 36.9 Å². The summed E-state index contributed by atoms with van der Waals surface area (Å²) in [5, 5.41) is 0. The number of benzene rings is 2. The van der Waals surface area contributed by atoms with Gasteiger partial charge < -0.3 is 14.4 Å². The predicted octanol–water partition coefficient (Wildman–Crippen LogP) is 2.06. The molecule has 0 radical (unpaired) electrons. The van der Waals surface area contributed by atoms with Gasteiger partial charge >= 0.3 is 0 Å². The molecule has 4 rings (SSSR count). The number of amides is 2. The second-order valence-corrected chi connectivity index (χ2v) is 6.47. The van der Waals surface area contributed by atoms with Crippen LogP contribution in [0.15, 0.2) is 48.5 Å². The summed E-state index contributed by atoms with van der Waals surface area (Å²) in [5.41, 5.74) is 4.11. The number of nitrogens with one attached hydrogen (secondary N) is 1. The van der Waals surface area contributed by atoms with Crippen LogP contribution < -0.4 is 19.9 Å². The van der Waals surface area contributed by atoms with Gasteiger partial charge in [-0.15, -0.1) is 0 Å². The van der Waals surface area contributed by atoms with Crippen molar-refractivity contribution in [2.24, 2.45) is 5.92 Å². The van der Waals surface area contributed by atoms with Gasteiger partial charge in [0, 0.05) is 24.7 Å². The first-order valence-electron chi connectivity index (χ1n) is 8.86. The summed E-state index contributed by atoms with van der Waals surface area (Å²) in [5.74, 6) is 0.432. The monoisotopic (exact) mass is 368 g/mol. The molecule has 1 fully saturated rings. The van der Waals surface area contributed by atoms with Gasteiger partial charge in [-0.25, -0.2) is 5.48 Å². The number of carbonyl (C=O) groups is 2. The van der Waals surface area contributed by atoms with Gasteiger partial charge in [-0.1, -0.05) is 30.3 Å². The lowest BCUT2D eigenvalue weighted by Gasteiger charge is -2.22. The normalized spacial score (nSPS) is 18.4. The van der Waals surface area contributed by atoms with E-state index in [1.165, 1.54) is 0 Å². The number of rotatable bonds is 5. The van der Waals surface area contributed by atoms with Crippen LogP contribution in [0.1, 0.15) is 12.0 Å². The summed E-state index contributed by atoms with van der Waals surface area (Å²) in [6.45, 7) is 1.58. The van der Waals surface area contributed by atoms with Gasteiger partial charge in [0.05, 0.1) is 12.5 Å². The number of carbonyl (C=O) groups excluding carboxylic acids is 2. The van der Waals surface area contributed by atoms with E-state index in [0.717, 1.165) is 5.56 Å². The average Bonchev–Trinajstić information content (AvgIpc) is 3.10. The Bertz CT molecular complexity index is 840. The summed E-state index contributed by atoms with van der Waals surface area (Å²) in [4.78, 5) is 31.6. The quantitative estimate of drug-likeness (QED) is 0.818. The molecule has 2 aliphatic rings. The second kappa shape index (κ2) is 7.67. The third-order valence-corrected chi connectivity index (χ3v) is 4.59. The first-order chi connectivity index (χ1) is 13.2. The second-order valence-electron chi connectivity index (χ2n) is 6.47. The Hall–Kier alpha value is -3.06. The first kappa shape index (κ1) is 17.4. The summed E-state index contributed by atoms with van der Waals surface area (Å²) in [6.07, 6.45) is 0.148. The molecule has 0 spiro atoms. The molecule has 1 saturated heterocycles. The van der Waals surface area contributed by atoms with Gasteiger partial charge in [0.2, 0.25) is 11.8 Å². The summed E-state index contributed by atoms with van der Waals surface area (Å²) >= 11 is 0. The average molecular weight is 368 g/mol. The summed E-state index contributed by atoms with van der Waals surface area (Å²) in [6, 6.07) is 14.9. The van der Waals surface area contributed by atoms with Crippen LogP contribution in [-0.2, 0) is 21.0 Å². The van der Waals surface area contributed by atoms with E-state index in [4.69, 9.17) is 14.3 Å². The number of ether oxygens (including phenoxy) is 2. The molecule has 1 atom stereocenters. The third kappa shape index (κ3) is 3.88. The minimum atomic E-state index is -0.457. The van der Waals surface area contributed by atoms with Crippen molar-refractivity contribution in [1.82, 2.24) is 5.48 Å². The molecular formula is C20H20N2O5. The maximum Gasteiger partial charge on any atom is 0.248 e. The van der Waals surface area contributed by atoms with Crippen molar-refractivity contribution in [2.75, 3.05) is 24.7 Å². The van der Waals surface area contributed by atoms with Crippen LogP contribution in [0.2, 0.25) is 0 Å². The molecule has 2 amide bonds. The number of nitrogens with zero attached hydrogens (tertiary/aromatic N) is 1. The molecule has 1 N–H and O–H groups in total. The molecule has 2 aromatic carbocycles. The first-order valence-corrected chi connectivity index (χ1v) is 8.86. The molecule has 7 heteroatoms. The van der Waals surface area contributed by atoms with Crippen LogP contribution >= 0.6 is 0 Å². The van der Waals surface area contributed by atoms with Gasteiger partial charge in [-0.3, -0.25) is 14.4 Å². The molecule has 2 aromatic rings. The zero-order chi connectivity index (χ0) is 18.6. The fourth-order valence-corrected chi connectivity index (χ4v) is 3.18. The lowest BCUT2D eigenvalue weighted by Crippen LogP contribution is -2.33. The fraction of sp³-hybridized carbons (Fsp3) is 0.300. The molecule has 2 aliphatic heterocycles. The Kier molecular flexibility index (Phi) is 4.93. The van der Waals surface area contributed by atoms with Crippen molar-refractivity contribution in [3.8, 4) is 11.5 Å². The Morgan fingerprint density at radius 1 is 1.11 bits per heavy atom. The summed E-state index contributed by atoms with van der Waals surface area (Å²) in [7, 11) is 0. The highest BCUT2D eigenvalue weighted by Gasteiger charge is 2.35. The maximum absolute atomic E-state index is 12.4. The predicted molar refractivity (Wildman–Crippen MR) is 97.3 cm³/mol. The molecule has 140 valence electrons. The van der Waals surface area contributed by atoms with Crippen molar-refractivity contribution in [2.45, 2.75) is 13.0 Å². The van der Waals surface area contributed by atoms with Crippen molar-refractivity contribution in [3.05, 3.63) is 54.1 Å². The van der Waals surface area contributed by atoms with E-state index >= 15 is 0 Å². The van der Waals surface area contributed by atoms with Crippen LogP contribution in [0, 0.1) is 5.92 Å². The smallest absolute Gasteiger partial charge is 0.248 e. The number of hydroxylamine groups is 1. The lowest BCUT2D eigenvalue weighted by atomic mass is 10.1. The van der Waals surface area contributed by atoms with E-state index in [2.05, 4.69) is 5.48 Å². The topological polar surface area (TPSA) is 77.1 Å². The zero-order valence-corrected chi connectivity index (χ0v) is 14.7. The van der Waals surface area contributed by atoms with Crippen LogP contribution in [-0.4, -0.2) is 31.6 Å². The van der Waals surface area contributed by atoms with Gasteiger partial charge in [0.25, 0.3) is 0 Å². The fourth-order valence-electron chi connectivity index (χ4n) is 3.18. The van der Waals surface area contributed by atoms with Crippen LogP contribution in [0.4, 0.5) is 5.69 Å². The Labute approximate surface area is 156 Å². The minimum Gasteiger partial charge on any atom is -0.486 e. The summed E-state index contributed by atoms with van der Waals surface area (Å²) < 4.78 is 11.1. The third-order valence-electron chi connectivity index (χ3n) is 4.59. The number of anilines is 1.